The van der Waals surface area contributed by atoms with Crippen molar-refractivity contribution >= 4 is 16.8 Å². The predicted molar refractivity (Wildman–Crippen MR) is 148 cm³/mol. The Morgan fingerprint density at radius 3 is 2.38 bits per heavy atom. The van der Waals surface area contributed by atoms with Crippen LogP contribution in [0.5, 0.6) is 0 Å². The van der Waals surface area contributed by atoms with E-state index in [0.29, 0.717) is 29.9 Å². The second kappa shape index (κ2) is 11.5. The molecule has 0 aliphatic carbocycles. The number of hydrogen-bond acceptors (Lipinski definition) is 4. The predicted octanol–water partition coefficient (Wildman–Crippen LogP) is 5.76. The van der Waals surface area contributed by atoms with Gasteiger partial charge in [-0.2, -0.15) is 0 Å². The van der Waals surface area contributed by atoms with Gasteiger partial charge in [-0.3, -0.25) is 14.2 Å². The lowest BCUT2D eigenvalue weighted by molar-refractivity contribution is -0.139. The number of fused-ring (bicyclic) bond motifs is 1. The van der Waals surface area contributed by atoms with E-state index in [0.717, 1.165) is 22.4 Å². The van der Waals surface area contributed by atoms with Gasteiger partial charge in [-0.05, 0) is 56.0 Å². The molecule has 192 valence electrons. The Labute approximate surface area is 218 Å². The lowest BCUT2D eigenvalue weighted by atomic mass is 10.1. The summed E-state index contributed by atoms with van der Waals surface area (Å²) in [5, 5.41) is 0.548. The number of nitrogens with zero attached hydrogens (tertiary/aromatic N) is 3. The number of para-hydroxylation sites is 1. The first-order chi connectivity index (χ1) is 17.8. The fourth-order valence-electron chi connectivity index (χ4n) is 4.64. The van der Waals surface area contributed by atoms with Crippen molar-refractivity contribution in [3.8, 4) is 5.69 Å². The van der Waals surface area contributed by atoms with Gasteiger partial charge in [-0.1, -0.05) is 74.0 Å². The zero-order valence-electron chi connectivity index (χ0n) is 22.3. The van der Waals surface area contributed by atoms with Crippen LogP contribution in [0.1, 0.15) is 49.3 Å². The van der Waals surface area contributed by atoms with Crippen molar-refractivity contribution in [2.45, 2.75) is 47.3 Å². The van der Waals surface area contributed by atoms with Gasteiger partial charge in [0.2, 0.25) is 5.91 Å². The molecule has 0 saturated carbocycles. The molecule has 0 N–H and O–H groups in total. The molecule has 0 spiro atoms. The summed E-state index contributed by atoms with van der Waals surface area (Å²) < 4.78 is 7.46. The molecule has 0 saturated heterocycles. The molecule has 4 rings (SSSR count). The van der Waals surface area contributed by atoms with Gasteiger partial charge in [0.1, 0.15) is 12.4 Å². The molecule has 1 aromatic heterocycles. The molecule has 0 radical (unpaired) electrons. The summed E-state index contributed by atoms with van der Waals surface area (Å²) in [6.45, 7) is 10.9. The van der Waals surface area contributed by atoms with Crippen LogP contribution in [0.4, 0.5) is 0 Å². The highest BCUT2D eigenvalue weighted by molar-refractivity contribution is 5.79. The highest BCUT2D eigenvalue weighted by Gasteiger charge is 2.28. The number of benzene rings is 3. The number of carbonyl (C=O) groups excluding carboxylic acids is 1. The summed E-state index contributed by atoms with van der Waals surface area (Å²) in [5.74, 6) is 0.627. The van der Waals surface area contributed by atoms with Crippen molar-refractivity contribution in [1.29, 1.82) is 0 Å². The van der Waals surface area contributed by atoms with Crippen LogP contribution in [-0.2, 0) is 16.1 Å². The van der Waals surface area contributed by atoms with Crippen molar-refractivity contribution in [2.24, 2.45) is 5.92 Å². The molecule has 0 aliphatic heterocycles. The summed E-state index contributed by atoms with van der Waals surface area (Å²) in [6.07, 6.45) is 0. The number of rotatable bonds is 9. The Balaban J connectivity index is 1.75. The Kier molecular flexibility index (Phi) is 8.19. The molecule has 37 heavy (non-hydrogen) atoms. The standard InChI is InChI=1S/C31H35N3O3/c1-21(2)18-33(29(35)20-37-19-25-11-7-6-8-12-25)24(5)30-32-27-14-10-9-13-26(27)31(36)34(30)28-16-15-22(3)17-23(28)4/h6-17,21,24H,18-20H2,1-5H3. The summed E-state index contributed by atoms with van der Waals surface area (Å²) in [4.78, 5) is 34.0. The first-order valence-electron chi connectivity index (χ1n) is 12.8. The lowest BCUT2D eigenvalue weighted by Gasteiger charge is -2.32. The number of amides is 1. The van der Waals surface area contributed by atoms with Gasteiger partial charge >= 0.3 is 0 Å². The third-order valence-electron chi connectivity index (χ3n) is 6.46. The smallest absolute Gasteiger partial charge is 0.266 e. The van der Waals surface area contributed by atoms with Gasteiger partial charge < -0.3 is 9.64 Å². The molecular weight excluding hydrogens is 462 g/mol. The molecule has 6 heteroatoms. The second-order valence-electron chi connectivity index (χ2n) is 10.0. The first kappa shape index (κ1) is 26.3. The van der Waals surface area contributed by atoms with Crippen molar-refractivity contribution in [3.63, 3.8) is 0 Å². The van der Waals surface area contributed by atoms with E-state index in [1.165, 1.54) is 0 Å². The molecule has 6 nitrogen and oxygen atoms in total. The zero-order chi connectivity index (χ0) is 26.5. The summed E-state index contributed by atoms with van der Waals surface area (Å²) in [7, 11) is 0. The lowest BCUT2D eigenvalue weighted by Crippen LogP contribution is -2.41. The van der Waals surface area contributed by atoms with Gasteiger partial charge in [0.25, 0.3) is 5.56 Å². The summed E-state index contributed by atoms with van der Waals surface area (Å²) in [6, 6.07) is 22.7. The number of aromatic nitrogens is 2. The van der Waals surface area contributed by atoms with Crippen molar-refractivity contribution in [1.82, 2.24) is 14.5 Å². The van der Waals surface area contributed by atoms with Gasteiger partial charge in [0.15, 0.2) is 0 Å². The van der Waals surface area contributed by atoms with Gasteiger partial charge in [0.05, 0.1) is 29.2 Å². The van der Waals surface area contributed by atoms with E-state index in [9.17, 15) is 9.59 Å². The van der Waals surface area contributed by atoms with Crippen molar-refractivity contribution in [2.75, 3.05) is 13.2 Å². The van der Waals surface area contributed by atoms with E-state index in [1.807, 2.05) is 81.4 Å². The first-order valence-corrected chi connectivity index (χ1v) is 12.8. The largest absolute Gasteiger partial charge is 0.367 e. The summed E-state index contributed by atoms with van der Waals surface area (Å²) >= 11 is 0. The topological polar surface area (TPSA) is 64.4 Å². The second-order valence-corrected chi connectivity index (χ2v) is 10.0. The van der Waals surface area contributed by atoms with Crippen LogP contribution in [0, 0.1) is 19.8 Å². The Morgan fingerprint density at radius 1 is 0.973 bits per heavy atom. The molecule has 1 heterocycles. The number of hydrogen-bond donors (Lipinski definition) is 0. The van der Waals surface area contributed by atoms with Crippen LogP contribution in [-0.4, -0.2) is 33.5 Å². The van der Waals surface area contributed by atoms with Gasteiger partial charge in [-0.25, -0.2) is 4.98 Å². The van der Waals surface area contributed by atoms with Crippen LogP contribution in [0.2, 0.25) is 0 Å². The minimum Gasteiger partial charge on any atom is -0.367 e. The molecular formula is C31H35N3O3. The van der Waals surface area contributed by atoms with Crippen LogP contribution in [0.3, 0.4) is 0 Å². The molecule has 1 unspecified atom stereocenters. The van der Waals surface area contributed by atoms with E-state index in [2.05, 4.69) is 19.9 Å². The quantitative estimate of drug-likeness (QED) is 0.295. The van der Waals surface area contributed by atoms with Crippen molar-refractivity contribution in [3.05, 3.63) is 106 Å². The van der Waals surface area contributed by atoms with Crippen molar-refractivity contribution < 1.29 is 9.53 Å². The fourth-order valence-corrected chi connectivity index (χ4v) is 4.64. The number of aryl methyl sites for hydroxylation is 2. The molecule has 4 aromatic rings. The molecule has 1 atom stereocenters. The minimum atomic E-state index is -0.451. The molecule has 0 bridgehead atoms. The van der Waals surface area contributed by atoms with E-state index in [1.54, 1.807) is 15.5 Å². The number of carbonyl (C=O) groups is 1. The summed E-state index contributed by atoms with van der Waals surface area (Å²) in [5.41, 5.74) is 4.35. The Morgan fingerprint density at radius 2 is 1.68 bits per heavy atom. The van der Waals surface area contributed by atoms with Crippen LogP contribution in [0.15, 0.2) is 77.6 Å². The number of ether oxygens (including phenoxy) is 1. The van der Waals surface area contributed by atoms with E-state index in [-0.39, 0.29) is 24.0 Å². The maximum atomic E-state index is 13.8. The highest BCUT2D eigenvalue weighted by atomic mass is 16.5. The normalized spacial score (nSPS) is 12.2. The van der Waals surface area contributed by atoms with E-state index in [4.69, 9.17) is 9.72 Å². The molecule has 3 aromatic carbocycles. The molecule has 1 amide bonds. The van der Waals surface area contributed by atoms with Gasteiger partial charge in [-0.15, -0.1) is 0 Å². The average Bonchev–Trinajstić information content (AvgIpc) is 2.88. The van der Waals surface area contributed by atoms with Gasteiger partial charge in [0, 0.05) is 6.54 Å². The Hall–Kier alpha value is -3.77. The van der Waals surface area contributed by atoms with E-state index >= 15 is 0 Å². The molecule has 0 fully saturated rings. The van der Waals surface area contributed by atoms with Crippen LogP contribution >= 0.6 is 0 Å². The van der Waals surface area contributed by atoms with Crippen LogP contribution in [0.25, 0.3) is 16.6 Å². The third-order valence-corrected chi connectivity index (χ3v) is 6.46. The fraction of sp³-hybridized carbons (Fsp3) is 0.323. The average molecular weight is 498 g/mol. The molecule has 0 aliphatic rings. The highest BCUT2D eigenvalue weighted by Crippen LogP contribution is 2.25. The van der Waals surface area contributed by atoms with Crippen LogP contribution < -0.4 is 5.56 Å². The zero-order valence-corrected chi connectivity index (χ0v) is 22.3. The third kappa shape index (κ3) is 5.97. The minimum absolute atomic E-state index is 0.0483. The maximum absolute atomic E-state index is 13.8. The SMILES string of the molecule is Cc1ccc(-n2c(C(C)N(CC(C)C)C(=O)COCc3ccccc3)nc3ccccc3c2=O)c(C)c1. The van der Waals surface area contributed by atoms with E-state index < -0.39 is 6.04 Å². The Bertz CT molecular complexity index is 1440. The monoisotopic (exact) mass is 497 g/mol. The maximum Gasteiger partial charge on any atom is 0.266 e.